The van der Waals surface area contributed by atoms with Gasteiger partial charge in [0.05, 0.1) is 0 Å². The van der Waals surface area contributed by atoms with Gasteiger partial charge >= 0.3 is 5.97 Å². The van der Waals surface area contributed by atoms with Gasteiger partial charge in [-0.15, -0.1) is 0 Å². The molecule has 1 aromatic rings. The van der Waals surface area contributed by atoms with Crippen LogP contribution in [0.3, 0.4) is 0 Å². The number of aromatic nitrogens is 1. The first-order chi connectivity index (χ1) is 8.55. The van der Waals surface area contributed by atoms with E-state index >= 15 is 0 Å². The number of aromatic carboxylic acids is 1. The molecule has 1 aromatic heterocycles. The van der Waals surface area contributed by atoms with Gasteiger partial charge in [-0.2, -0.15) is 0 Å². The van der Waals surface area contributed by atoms with Crippen LogP contribution in [0.5, 0.6) is 0 Å². The van der Waals surface area contributed by atoms with Gasteiger partial charge in [0.1, 0.15) is 11.4 Å². The number of nitrogens with zero attached hydrogens (tertiary/aromatic N) is 1. The number of alkyl halides is 2. The van der Waals surface area contributed by atoms with Gasteiger partial charge in [0, 0.05) is 18.2 Å². The molecule has 0 unspecified atom stereocenters. The fraction of sp³-hybridized carbons (Fsp3) is 0.500. The summed E-state index contributed by atoms with van der Waals surface area (Å²) < 4.78 is 25.8. The minimum absolute atomic E-state index is 0.00115. The van der Waals surface area contributed by atoms with E-state index in [9.17, 15) is 13.6 Å². The Labute approximate surface area is 103 Å². The smallest absolute Gasteiger partial charge is 0.339 e. The van der Waals surface area contributed by atoms with Gasteiger partial charge < -0.3 is 10.4 Å². The van der Waals surface area contributed by atoms with E-state index in [0.29, 0.717) is 12.8 Å². The predicted octanol–water partition coefficient (Wildman–Crippen LogP) is 2.63. The minimum Gasteiger partial charge on any atom is -0.478 e. The Balaban J connectivity index is 2.08. The number of carboxylic acids is 1. The molecule has 4 nitrogen and oxygen atoms in total. The molecular weight excluding hydrogens is 242 g/mol. The van der Waals surface area contributed by atoms with Crippen molar-refractivity contribution in [3.05, 3.63) is 23.9 Å². The Kier molecular flexibility index (Phi) is 3.45. The van der Waals surface area contributed by atoms with Crippen LogP contribution in [-0.4, -0.2) is 29.0 Å². The maximum Gasteiger partial charge on any atom is 0.339 e. The molecule has 6 heteroatoms. The summed E-state index contributed by atoms with van der Waals surface area (Å²) in [5, 5.41) is 11.7. The quantitative estimate of drug-likeness (QED) is 0.850. The van der Waals surface area contributed by atoms with Crippen LogP contribution in [-0.2, 0) is 0 Å². The third-order valence-electron chi connectivity index (χ3n) is 3.46. The number of nitrogens with one attached hydrogen (secondary N) is 1. The van der Waals surface area contributed by atoms with Crippen molar-refractivity contribution in [3.63, 3.8) is 0 Å². The summed E-state index contributed by atoms with van der Waals surface area (Å²) in [7, 11) is 0. The first-order valence-corrected chi connectivity index (χ1v) is 5.75. The second-order valence-corrected chi connectivity index (χ2v) is 4.57. The molecule has 0 bridgehead atoms. The lowest BCUT2D eigenvalue weighted by Gasteiger charge is -2.41. The van der Waals surface area contributed by atoms with Crippen LogP contribution in [0.1, 0.15) is 29.6 Å². The normalized spacial score (nSPS) is 17.3. The highest BCUT2D eigenvalue weighted by molar-refractivity contribution is 5.92. The van der Waals surface area contributed by atoms with Crippen LogP contribution in [0.25, 0.3) is 0 Å². The van der Waals surface area contributed by atoms with Crippen molar-refractivity contribution in [1.82, 2.24) is 4.98 Å². The SMILES string of the molecule is O=C(O)c1cccnc1NCC1(C(F)F)CCC1. The molecular formula is C12H14F2N2O2. The number of halogens is 2. The molecule has 2 N–H and O–H groups in total. The maximum absolute atomic E-state index is 12.9. The molecule has 98 valence electrons. The predicted molar refractivity (Wildman–Crippen MR) is 62.0 cm³/mol. The Morgan fingerprint density at radius 2 is 2.28 bits per heavy atom. The summed E-state index contributed by atoms with van der Waals surface area (Å²) in [5.41, 5.74) is -1.02. The van der Waals surface area contributed by atoms with E-state index in [1.54, 1.807) is 0 Å². The van der Waals surface area contributed by atoms with E-state index in [1.807, 2.05) is 0 Å². The number of pyridine rings is 1. The van der Waals surface area contributed by atoms with E-state index in [4.69, 9.17) is 5.11 Å². The van der Waals surface area contributed by atoms with Crippen LogP contribution in [0.15, 0.2) is 18.3 Å². The molecule has 0 amide bonds. The molecule has 1 heterocycles. The summed E-state index contributed by atoms with van der Waals surface area (Å²) in [6, 6.07) is 2.90. The zero-order chi connectivity index (χ0) is 13.2. The number of rotatable bonds is 5. The molecule has 1 fully saturated rings. The van der Waals surface area contributed by atoms with E-state index in [2.05, 4.69) is 10.3 Å². The largest absolute Gasteiger partial charge is 0.478 e. The van der Waals surface area contributed by atoms with Crippen molar-refractivity contribution in [1.29, 1.82) is 0 Å². The molecule has 0 spiro atoms. The Hall–Kier alpha value is -1.72. The maximum atomic E-state index is 12.9. The third-order valence-corrected chi connectivity index (χ3v) is 3.46. The van der Waals surface area contributed by atoms with Crippen LogP contribution in [0.2, 0.25) is 0 Å². The second kappa shape index (κ2) is 4.88. The highest BCUT2D eigenvalue weighted by atomic mass is 19.3. The van der Waals surface area contributed by atoms with E-state index < -0.39 is 17.8 Å². The molecule has 1 aliphatic rings. The van der Waals surface area contributed by atoms with E-state index in [-0.39, 0.29) is 17.9 Å². The van der Waals surface area contributed by atoms with Gasteiger partial charge in [-0.1, -0.05) is 6.42 Å². The van der Waals surface area contributed by atoms with Gasteiger partial charge in [0.2, 0.25) is 6.43 Å². The first-order valence-electron chi connectivity index (χ1n) is 5.75. The molecule has 0 radical (unpaired) electrons. The fourth-order valence-corrected chi connectivity index (χ4v) is 2.08. The minimum atomic E-state index is -2.39. The van der Waals surface area contributed by atoms with Gasteiger partial charge in [-0.05, 0) is 25.0 Å². The van der Waals surface area contributed by atoms with Gasteiger partial charge in [0.15, 0.2) is 0 Å². The summed E-state index contributed by atoms with van der Waals surface area (Å²) in [4.78, 5) is 14.8. The summed E-state index contributed by atoms with van der Waals surface area (Å²) in [6.07, 6.45) is 0.764. The van der Waals surface area contributed by atoms with Gasteiger partial charge in [-0.3, -0.25) is 0 Å². The highest BCUT2D eigenvalue weighted by Gasteiger charge is 2.45. The lowest BCUT2D eigenvalue weighted by Crippen LogP contribution is -2.43. The molecule has 0 aromatic carbocycles. The molecule has 1 aliphatic carbocycles. The van der Waals surface area contributed by atoms with Crippen LogP contribution < -0.4 is 5.32 Å². The third kappa shape index (κ3) is 2.27. The lowest BCUT2D eigenvalue weighted by atomic mass is 9.69. The van der Waals surface area contributed by atoms with Crippen molar-refractivity contribution in [2.24, 2.45) is 5.41 Å². The Morgan fingerprint density at radius 3 is 2.78 bits per heavy atom. The van der Waals surface area contributed by atoms with Crippen molar-refractivity contribution >= 4 is 11.8 Å². The first kappa shape index (κ1) is 12.7. The summed E-state index contributed by atoms with van der Waals surface area (Å²) in [6.45, 7) is 0.0575. The molecule has 1 saturated carbocycles. The van der Waals surface area contributed by atoms with Crippen molar-refractivity contribution < 1.29 is 18.7 Å². The van der Waals surface area contributed by atoms with Crippen LogP contribution in [0.4, 0.5) is 14.6 Å². The Morgan fingerprint density at radius 1 is 1.56 bits per heavy atom. The zero-order valence-electron chi connectivity index (χ0n) is 9.70. The summed E-state index contributed by atoms with van der Waals surface area (Å²) >= 11 is 0. The molecule has 2 rings (SSSR count). The number of hydrogen-bond acceptors (Lipinski definition) is 3. The van der Waals surface area contributed by atoms with Crippen molar-refractivity contribution in [2.45, 2.75) is 25.7 Å². The average molecular weight is 256 g/mol. The standard InChI is InChI=1S/C12H14F2N2O2/c13-11(14)12(4-2-5-12)7-16-9-8(10(17)18)3-1-6-15-9/h1,3,6,11H,2,4-5,7H2,(H,15,16)(H,17,18). The molecule has 0 atom stereocenters. The van der Waals surface area contributed by atoms with E-state index in [1.165, 1.54) is 18.3 Å². The molecule has 0 aliphatic heterocycles. The summed E-state index contributed by atoms with van der Waals surface area (Å²) in [5.74, 6) is -0.970. The van der Waals surface area contributed by atoms with Crippen molar-refractivity contribution in [3.8, 4) is 0 Å². The average Bonchev–Trinajstić information content (AvgIpc) is 2.27. The number of carboxylic acid groups (broad SMARTS) is 1. The highest BCUT2D eigenvalue weighted by Crippen LogP contribution is 2.45. The zero-order valence-corrected chi connectivity index (χ0v) is 9.70. The molecule has 0 saturated heterocycles. The second-order valence-electron chi connectivity index (χ2n) is 4.57. The molecule has 18 heavy (non-hydrogen) atoms. The van der Waals surface area contributed by atoms with E-state index in [0.717, 1.165) is 6.42 Å². The van der Waals surface area contributed by atoms with Crippen LogP contribution in [0, 0.1) is 5.41 Å². The topological polar surface area (TPSA) is 62.2 Å². The lowest BCUT2D eigenvalue weighted by molar-refractivity contribution is -0.0500. The number of anilines is 1. The number of carbonyl (C=O) groups is 1. The van der Waals surface area contributed by atoms with Crippen molar-refractivity contribution in [2.75, 3.05) is 11.9 Å². The van der Waals surface area contributed by atoms with Crippen LogP contribution >= 0.6 is 0 Å². The Bertz CT molecular complexity index is 447. The fourth-order valence-electron chi connectivity index (χ4n) is 2.08. The number of hydrogen-bond donors (Lipinski definition) is 2. The van der Waals surface area contributed by atoms with Gasteiger partial charge in [-0.25, -0.2) is 18.6 Å². The monoisotopic (exact) mass is 256 g/mol. The van der Waals surface area contributed by atoms with Gasteiger partial charge in [0.25, 0.3) is 0 Å².